The Morgan fingerprint density at radius 2 is 2.20 bits per heavy atom. The van der Waals surface area contributed by atoms with Gasteiger partial charge in [-0.05, 0) is 24.3 Å². The summed E-state index contributed by atoms with van der Waals surface area (Å²) in [4.78, 5) is 29.8. The highest BCUT2D eigenvalue weighted by atomic mass is 16.5. The van der Waals surface area contributed by atoms with E-state index in [2.05, 4.69) is 22.1 Å². The first-order valence-electron chi connectivity index (χ1n) is 9.49. The average molecular weight is 408 g/mol. The van der Waals surface area contributed by atoms with Crippen LogP contribution in [-0.2, 0) is 9.53 Å². The van der Waals surface area contributed by atoms with Crippen molar-refractivity contribution in [3.8, 4) is 23.1 Å². The van der Waals surface area contributed by atoms with Crippen molar-refractivity contribution in [2.45, 2.75) is 12.0 Å². The molecule has 1 unspecified atom stereocenters. The number of carbonyl (C=O) groups is 2. The first-order chi connectivity index (χ1) is 14.3. The number of hydrogen-bond donors (Lipinski definition) is 3. The molecule has 0 spiro atoms. The molecule has 156 valence electrons. The second-order valence-corrected chi connectivity index (χ2v) is 7.04. The number of ether oxygens (including phenoxy) is 1. The number of nitrogens with zero attached hydrogens (tertiary/aromatic N) is 2. The number of anilines is 1. The maximum Gasteiger partial charge on any atom is 0.269 e. The predicted octanol–water partition coefficient (Wildman–Crippen LogP) is 0.851. The van der Waals surface area contributed by atoms with Gasteiger partial charge in [0, 0.05) is 44.8 Å². The van der Waals surface area contributed by atoms with Crippen LogP contribution in [0, 0.1) is 11.8 Å². The minimum Gasteiger partial charge on any atom is -0.383 e. The fourth-order valence-corrected chi connectivity index (χ4v) is 3.14. The third-order valence-electron chi connectivity index (χ3n) is 4.83. The van der Waals surface area contributed by atoms with Crippen LogP contribution in [-0.4, -0.2) is 66.3 Å². The molecule has 1 aliphatic rings. The molecule has 8 heteroatoms. The molecule has 0 aliphatic carbocycles. The smallest absolute Gasteiger partial charge is 0.269 e. The zero-order valence-electron chi connectivity index (χ0n) is 16.9. The Balaban J connectivity index is 1.87. The molecule has 1 aromatic carbocycles. The van der Waals surface area contributed by atoms with Crippen LogP contribution in [0.4, 0.5) is 5.69 Å². The number of primary amides is 1. The molecule has 8 nitrogen and oxygen atoms in total. The quantitative estimate of drug-likeness (QED) is 0.482. The van der Waals surface area contributed by atoms with E-state index in [1.807, 2.05) is 6.07 Å². The van der Waals surface area contributed by atoms with Gasteiger partial charge < -0.3 is 25.8 Å². The van der Waals surface area contributed by atoms with E-state index in [4.69, 9.17) is 10.5 Å². The summed E-state index contributed by atoms with van der Waals surface area (Å²) in [7, 11) is 3.23. The van der Waals surface area contributed by atoms with Gasteiger partial charge in [0.1, 0.15) is 0 Å². The van der Waals surface area contributed by atoms with Gasteiger partial charge in [-0.2, -0.15) is 0 Å². The molecule has 1 atom stereocenters. The predicted molar refractivity (Wildman–Crippen MR) is 113 cm³/mol. The van der Waals surface area contributed by atoms with E-state index in [1.54, 1.807) is 44.5 Å². The topological polar surface area (TPSA) is 118 Å². The molecule has 2 aromatic rings. The number of likely N-dealkylation sites (tertiary alicyclic amines) is 1. The average Bonchev–Trinajstić information content (AvgIpc) is 3.00. The number of nitrogens with two attached hydrogens (primary N) is 1. The third-order valence-corrected chi connectivity index (χ3v) is 4.83. The van der Waals surface area contributed by atoms with Gasteiger partial charge in [-0.25, -0.2) is 4.98 Å². The van der Waals surface area contributed by atoms with Gasteiger partial charge in [0.05, 0.1) is 18.0 Å². The number of methoxy groups -OCH3 is 1. The number of likely N-dealkylation sites (N-methyl/N-ethyl adjacent to an activating group) is 1. The van der Waals surface area contributed by atoms with Crippen LogP contribution < -0.4 is 11.1 Å². The van der Waals surface area contributed by atoms with Crippen LogP contribution in [0.2, 0.25) is 0 Å². The maximum atomic E-state index is 12.1. The molecule has 0 radical (unpaired) electrons. The van der Waals surface area contributed by atoms with Gasteiger partial charge >= 0.3 is 0 Å². The van der Waals surface area contributed by atoms with Crippen molar-refractivity contribution in [1.29, 1.82) is 0 Å². The van der Waals surface area contributed by atoms with Crippen molar-refractivity contribution in [2.24, 2.45) is 5.73 Å². The highest BCUT2D eigenvalue weighted by molar-refractivity contribution is 5.97. The Labute approximate surface area is 175 Å². The van der Waals surface area contributed by atoms with Gasteiger partial charge in [-0.3, -0.25) is 9.59 Å². The van der Waals surface area contributed by atoms with Crippen molar-refractivity contribution in [3.05, 3.63) is 47.7 Å². The van der Waals surface area contributed by atoms with Crippen molar-refractivity contribution in [1.82, 2.24) is 9.88 Å². The Bertz CT molecular complexity index is 1030. The summed E-state index contributed by atoms with van der Waals surface area (Å²) in [5, 5.41) is 13.5. The van der Waals surface area contributed by atoms with Gasteiger partial charge in [-0.1, -0.05) is 24.0 Å². The highest BCUT2D eigenvalue weighted by Crippen LogP contribution is 2.24. The number of aromatic nitrogens is 1. The molecule has 30 heavy (non-hydrogen) atoms. The normalized spacial score (nSPS) is 18.1. The lowest BCUT2D eigenvalue weighted by Crippen LogP contribution is -2.37. The molecule has 4 N–H and O–H groups in total. The fourth-order valence-electron chi connectivity index (χ4n) is 3.14. The monoisotopic (exact) mass is 408 g/mol. The summed E-state index contributed by atoms with van der Waals surface area (Å²) in [6.07, 6.45) is 0.274. The Morgan fingerprint density at radius 1 is 1.40 bits per heavy atom. The molecule has 1 aromatic heterocycles. The van der Waals surface area contributed by atoms with Gasteiger partial charge in [-0.15, -0.1) is 0 Å². The van der Waals surface area contributed by atoms with Crippen LogP contribution in [0.3, 0.4) is 0 Å². The lowest BCUT2D eigenvalue weighted by molar-refractivity contribution is -0.137. The maximum absolute atomic E-state index is 12.1. The molecule has 1 fully saturated rings. The fraction of sp³-hybridized carbons (Fsp3) is 0.318. The largest absolute Gasteiger partial charge is 0.383 e. The van der Waals surface area contributed by atoms with Crippen LogP contribution in [0.1, 0.15) is 22.5 Å². The molecular weight excluding hydrogens is 384 g/mol. The second kappa shape index (κ2) is 8.95. The molecule has 1 saturated heterocycles. The molecule has 1 aliphatic heterocycles. The lowest BCUT2D eigenvalue weighted by atomic mass is 10.0. The Hall–Kier alpha value is -3.41. The van der Waals surface area contributed by atoms with E-state index in [-0.39, 0.29) is 12.1 Å². The summed E-state index contributed by atoms with van der Waals surface area (Å²) in [6, 6.07) is 10.7. The number of nitrogens with one attached hydrogen (secondary N) is 1. The van der Waals surface area contributed by atoms with E-state index in [0.29, 0.717) is 36.6 Å². The van der Waals surface area contributed by atoms with Gasteiger partial charge in [0.25, 0.3) is 11.8 Å². The van der Waals surface area contributed by atoms with Crippen LogP contribution in [0.25, 0.3) is 11.3 Å². The standard InChI is InChI=1S/C22H24N4O4/c1-26-12-10-22(29,21(26)28)9-8-15-4-3-5-16(14-15)17-6-7-18(24-11-13-30-2)19(25-17)20(23)27/h3-7,14,24,29H,10-13H2,1-2H3,(H2,23,27). The number of carbonyl (C=O) groups excluding carboxylic acids is 2. The number of aliphatic hydroxyl groups is 1. The van der Waals surface area contributed by atoms with E-state index >= 15 is 0 Å². The highest BCUT2D eigenvalue weighted by Gasteiger charge is 2.42. The van der Waals surface area contributed by atoms with E-state index in [1.165, 1.54) is 4.90 Å². The van der Waals surface area contributed by atoms with E-state index in [9.17, 15) is 14.7 Å². The first kappa shape index (κ1) is 21.3. The van der Waals surface area contributed by atoms with Crippen molar-refractivity contribution in [2.75, 3.05) is 39.2 Å². The summed E-state index contributed by atoms with van der Waals surface area (Å²) >= 11 is 0. The lowest BCUT2D eigenvalue weighted by Gasteiger charge is -2.13. The molecule has 0 saturated carbocycles. The van der Waals surface area contributed by atoms with Crippen molar-refractivity contribution >= 4 is 17.5 Å². The minimum atomic E-state index is -1.66. The van der Waals surface area contributed by atoms with Gasteiger partial charge in [0.2, 0.25) is 5.60 Å². The Kier molecular flexibility index (Phi) is 6.35. The molecular formula is C22H24N4O4. The molecule has 3 rings (SSSR count). The van der Waals surface area contributed by atoms with Crippen LogP contribution in [0.15, 0.2) is 36.4 Å². The first-order valence-corrected chi connectivity index (χ1v) is 9.49. The summed E-state index contributed by atoms with van der Waals surface area (Å²) < 4.78 is 5.00. The zero-order chi connectivity index (χ0) is 21.7. The van der Waals surface area contributed by atoms with Crippen molar-refractivity contribution in [3.63, 3.8) is 0 Å². The minimum absolute atomic E-state index is 0.133. The van der Waals surface area contributed by atoms with Gasteiger partial charge in [0.15, 0.2) is 5.69 Å². The molecule has 2 heterocycles. The zero-order valence-corrected chi connectivity index (χ0v) is 16.9. The number of hydrogen-bond acceptors (Lipinski definition) is 6. The van der Waals surface area contributed by atoms with Crippen LogP contribution >= 0.6 is 0 Å². The van der Waals surface area contributed by atoms with E-state index < -0.39 is 17.4 Å². The Morgan fingerprint density at radius 3 is 2.87 bits per heavy atom. The molecule has 0 bridgehead atoms. The molecule has 2 amide bonds. The summed E-state index contributed by atoms with van der Waals surface area (Å²) in [6.45, 7) is 1.46. The summed E-state index contributed by atoms with van der Waals surface area (Å²) in [5.41, 5.74) is 6.41. The number of benzene rings is 1. The number of rotatable bonds is 6. The van der Waals surface area contributed by atoms with Crippen molar-refractivity contribution < 1.29 is 19.4 Å². The number of amides is 2. The third kappa shape index (κ3) is 4.59. The SMILES string of the molecule is COCCNc1ccc(-c2cccc(C#CC3(O)CCN(C)C3=O)c2)nc1C(N)=O. The van der Waals surface area contributed by atoms with Crippen LogP contribution in [0.5, 0.6) is 0 Å². The second-order valence-electron chi connectivity index (χ2n) is 7.04. The summed E-state index contributed by atoms with van der Waals surface area (Å²) in [5.74, 6) is 4.54. The number of pyridine rings is 1. The van der Waals surface area contributed by atoms with E-state index in [0.717, 1.165) is 5.56 Å².